The normalized spacial score (nSPS) is 16.6. The maximum atomic E-state index is 12.3. The SMILES string of the molecule is Cc1ccc2c(c1)CCCN2C(C)C(=O)OC(C)(C)C. The van der Waals surface area contributed by atoms with Crippen molar-refractivity contribution < 1.29 is 9.53 Å². The highest BCUT2D eigenvalue weighted by molar-refractivity contribution is 5.80. The minimum atomic E-state index is -0.433. The highest BCUT2D eigenvalue weighted by atomic mass is 16.6. The van der Waals surface area contributed by atoms with Gasteiger partial charge in [0, 0.05) is 12.2 Å². The van der Waals surface area contributed by atoms with E-state index in [0.29, 0.717) is 0 Å². The van der Waals surface area contributed by atoms with Gasteiger partial charge in [-0.2, -0.15) is 0 Å². The van der Waals surface area contributed by atoms with Crippen molar-refractivity contribution in [2.75, 3.05) is 11.4 Å². The number of anilines is 1. The summed E-state index contributed by atoms with van der Waals surface area (Å²) in [4.78, 5) is 14.4. The first-order valence-electron chi connectivity index (χ1n) is 7.37. The van der Waals surface area contributed by atoms with Crippen molar-refractivity contribution >= 4 is 11.7 Å². The molecule has 20 heavy (non-hydrogen) atoms. The molecule has 110 valence electrons. The Kier molecular flexibility index (Phi) is 4.07. The van der Waals surface area contributed by atoms with Crippen LogP contribution in [0.5, 0.6) is 0 Å². The highest BCUT2D eigenvalue weighted by Crippen LogP contribution is 2.30. The number of nitrogens with zero attached hydrogens (tertiary/aromatic N) is 1. The predicted molar refractivity (Wildman–Crippen MR) is 82.2 cm³/mol. The van der Waals surface area contributed by atoms with Gasteiger partial charge in [-0.1, -0.05) is 17.7 Å². The molecule has 3 heteroatoms. The summed E-state index contributed by atoms with van der Waals surface area (Å²) in [6.07, 6.45) is 2.18. The first-order valence-corrected chi connectivity index (χ1v) is 7.37. The van der Waals surface area contributed by atoms with Crippen LogP contribution in [0.4, 0.5) is 5.69 Å². The summed E-state index contributed by atoms with van der Waals surface area (Å²) in [5.41, 5.74) is 3.36. The van der Waals surface area contributed by atoms with Crippen molar-refractivity contribution in [1.29, 1.82) is 0 Å². The van der Waals surface area contributed by atoms with Gasteiger partial charge in [0.1, 0.15) is 11.6 Å². The quantitative estimate of drug-likeness (QED) is 0.774. The van der Waals surface area contributed by atoms with Crippen LogP contribution in [0.2, 0.25) is 0 Å². The molecule has 1 unspecified atom stereocenters. The second kappa shape index (κ2) is 5.47. The van der Waals surface area contributed by atoms with Crippen LogP contribution in [-0.2, 0) is 16.0 Å². The molecule has 1 aliphatic heterocycles. The molecule has 3 nitrogen and oxygen atoms in total. The van der Waals surface area contributed by atoms with E-state index in [1.165, 1.54) is 16.8 Å². The average molecular weight is 275 g/mol. The number of carbonyl (C=O) groups excluding carboxylic acids is 1. The van der Waals surface area contributed by atoms with Gasteiger partial charge in [-0.25, -0.2) is 4.79 Å². The Hall–Kier alpha value is -1.51. The lowest BCUT2D eigenvalue weighted by atomic mass is 9.98. The van der Waals surface area contributed by atoms with Gasteiger partial charge in [0.2, 0.25) is 0 Å². The Morgan fingerprint density at radius 2 is 2.05 bits per heavy atom. The number of hydrogen-bond acceptors (Lipinski definition) is 3. The summed E-state index contributed by atoms with van der Waals surface area (Å²) in [6, 6.07) is 6.23. The minimum Gasteiger partial charge on any atom is -0.458 e. The Balaban J connectivity index is 2.20. The lowest BCUT2D eigenvalue weighted by Crippen LogP contribution is -2.45. The minimum absolute atomic E-state index is 0.147. The van der Waals surface area contributed by atoms with Crippen LogP contribution in [0.3, 0.4) is 0 Å². The molecule has 0 aliphatic carbocycles. The van der Waals surface area contributed by atoms with E-state index in [1.54, 1.807) is 0 Å². The van der Waals surface area contributed by atoms with Gasteiger partial charge in [0.15, 0.2) is 0 Å². The fourth-order valence-corrected chi connectivity index (χ4v) is 2.67. The fraction of sp³-hybridized carbons (Fsp3) is 0.588. The first kappa shape index (κ1) is 14.9. The molecule has 1 atom stereocenters. The van der Waals surface area contributed by atoms with Crippen molar-refractivity contribution in [2.45, 2.75) is 59.1 Å². The lowest BCUT2D eigenvalue weighted by molar-refractivity contribution is -0.156. The van der Waals surface area contributed by atoms with Crippen LogP contribution in [0, 0.1) is 6.92 Å². The average Bonchev–Trinajstić information content (AvgIpc) is 2.34. The molecule has 0 saturated heterocycles. The van der Waals surface area contributed by atoms with Gasteiger partial charge in [-0.15, -0.1) is 0 Å². The van der Waals surface area contributed by atoms with Crippen molar-refractivity contribution in [3.63, 3.8) is 0 Å². The van der Waals surface area contributed by atoms with E-state index < -0.39 is 5.60 Å². The van der Waals surface area contributed by atoms with Crippen LogP contribution >= 0.6 is 0 Å². The van der Waals surface area contributed by atoms with Crippen LogP contribution in [0.25, 0.3) is 0 Å². The Morgan fingerprint density at radius 1 is 1.35 bits per heavy atom. The summed E-state index contributed by atoms with van der Waals surface area (Å²) in [5, 5.41) is 0. The summed E-state index contributed by atoms with van der Waals surface area (Å²) < 4.78 is 5.51. The first-order chi connectivity index (χ1) is 9.28. The number of hydrogen-bond donors (Lipinski definition) is 0. The zero-order valence-corrected chi connectivity index (χ0v) is 13.2. The van der Waals surface area contributed by atoms with Crippen molar-refractivity contribution in [3.8, 4) is 0 Å². The maximum Gasteiger partial charge on any atom is 0.328 e. The third kappa shape index (κ3) is 3.33. The van der Waals surface area contributed by atoms with Crippen LogP contribution in [-0.4, -0.2) is 24.2 Å². The van der Waals surface area contributed by atoms with E-state index in [-0.39, 0.29) is 12.0 Å². The van der Waals surface area contributed by atoms with E-state index >= 15 is 0 Å². The zero-order chi connectivity index (χ0) is 14.9. The third-order valence-electron chi connectivity index (χ3n) is 3.60. The topological polar surface area (TPSA) is 29.5 Å². The molecule has 1 heterocycles. The van der Waals surface area contributed by atoms with E-state index in [1.807, 2.05) is 27.7 Å². The van der Waals surface area contributed by atoms with Crippen LogP contribution in [0.15, 0.2) is 18.2 Å². The van der Waals surface area contributed by atoms with Gasteiger partial charge >= 0.3 is 5.97 Å². The number of fused-ring (bicyclic) bond motifs is 1. The fourth-order valence-electron chi connectivity index (χ4n) is 2.67. The highest BCUT2D eigenvalue weighted by Gasteiger charge is 2.29. The van der Waals surface area contributed by atoms with Crippen LogP contribution < -0.4 is 4.90 Å². The molecule has 0 fully saturated rings. The van der Waals surface area contributed by atoms with Crippen molar-refractivity contribution in [3.05, 3.63) is 29.3 Å². The number of aryl methyl sites for hydroxylation is 2. The van der Waals surface area contributed by atoms with Gasteiger partial charge in [-0.05, 0) is 59.1 Å². The van der Waals surface area contributed by atoms with E-state index in [0.717, 1.165) is 19.4 Å². The number of esters is 1. The third-order valence-corrected chi connectivity index (χ3v) is 3.60. The molecule has 0 spiro atoms. The predicted octanol–water partition coefficient (Wildman–Crippen LogP) is 3.48. The standard InChI is InChI=1S/C17H25NO2/c1-12-8-9-15-14(11-12)7-6-10-18(15)13(2)16(19)20-17(3,4)5/h8-9,11,13H,6-7,10H2,1-5H3. The Morgan fingerprint density at radius 3 is 2.70 bits per heavy atom. The van der Waals surface area contributed by atoms with E-state index in [2.05, 4.69) is 30.0 Å². The summed E-state index contributed by atoms with van der Waals surface area (Å²) in [6.45, 7) is 10.7. The molecule has 0 radical (unpaired) electrons. The second-order valence-electron chi connectivity index (χ2n) is 6.64. The van der Waals surface area contributed by atoms with Gasteiger partial charge < -0.3 is 9.64 Å². The molecular formula is C17H25NO2. The Labute approximate surface area is 121 Å². The molecule has 0 saturated carbocycles. The summed E-state index contributed by atoms with van der Waals surface area (Å²) in [7, 11) is 0. The van der Waals surface area contributed by atoms with Gasteiger partial charge in [0.25, 0.3) is 0 Å². The molecule has 0 N–H and O–H groups in total. The molecular weight excluding hydrogens is 250 g/mol. The second-order valence-corrected chi connectivity index (χ2v) is 6.64. The number of carbonyl (C=O) groups is 1. The number of rotatable bonds is 2. The van der Waals surface area contributed by atoms with Crippen LogP contribution in [0.1, 0.15) is 45.2 Å². The van der Waals surface area contributed by atoms with E-state index in [4.69, 9.17) is 4.74 Å². The molecule has 1 aliphatic rings. The molecule has 0 aromatic heterocycles. The zero-order valence-electron chi connectivity index (χ0n) is 13.2. The summed E-state index contributed by atoms with van der Waals surface area (Å²) in [5.74, 6) is -0.147. The number of ether oxygens (including phenoxy) is 1. The van der Waals surface area contributed by atoms with Gasteiger partial charge in [0.05, 0.1) is 0 Å². The molecule has 0 bridgehead atoms. The van der Waals surface area contributed by atoms with Crippen molar-refractivity contribution in [2.24, 2.45) is 0 Å². The Bertz CT molecular complexity index is 502. The van der Waals surface area contributed by atoms with Crippen molar-refractivity contribution in [1.82, 2.24) is 0 Å². The lowest BCUT2D eigenvalue weighted by Gasteiger charge is -2.36. The summed E-state index contributed by atoms with van der Waals surface area (Å²) >= 11 is 0. The molecule has 1 aromatic carbocycles. The molecule has 2 rings (SSSR count). The van der Waals surface area contributed by atoms with Gasteiger partial charge in [-0.3, -0.25) is 0 Å². The maximum absolute atomic E-state index is 12.3. The number of benzene rings is 1. The van der Waals surface area contributed by atoms with E-state index in [9.17, 15) is 4.79 Å². The largest absolute Gasteiger partial charge is 0.458 e. The smallest absolute Gasteiger partial charge is 0.328 e. The molecule has 0 amide bonds. The monoisotopic (exact) mass is 275 g/mol. The molecule has 1 aromatic rings.